The molecule has 124 valence electrons. The Balaban J connectivity index is 2.00. The fraction of sp³-hybridized carbons (Fsp3) is 0.222. The van der Waals surface area contributed by atoms with Crippen LogP contribution in [0.5, 0.6) is 0 Å². The molecule has 4 nitrogen and oxygen atoms in total. The van der Waals surface area contributed by atoms with Crippen molar-refractivity contribution in [2.75, 3.05) is 13.1 Å². The quantitative estimate of drug-likeness (QED) is 0.920. The lowest BCUT2D eigenvalue weighted by Gasteiger charge is -2.36. The van der Waals surface area contributed by atoms with Crippen LogP contribution in [-0.4, -0.2) is 29.8 Å². The van der Waals surface area contributed by atoms with Gasteiger partial charge >= 0.3 is 0 Å². The Bertz CT molecular complexity index is 807. The summed E-state index contributed by atoms with van der Waals surface area (Å²) in [6.07, 6.45) is 0. The standard InChI is InChI=1S/C18H16F2N2O2/c1-11-4-2-3-5-13(11)16-17(23)21-8-9-22(16)18(24)12-6-7-14(19)15(20)10-12/h2-7,10,16H,8-9H2,1H3,(H,21,23). The molecule has 1 aliphatic rings. The summed E-state index contributed by atoms with van der Waals surface area (Å²) in [7, 11) is 0. The number of carbonyl (C=O) groups is 2. The van der Waals surface area contributed by atoms with Crippen molar-refractivity contribution in [2.45, 2.75) is 13.0 Å². The first kappa shape index (κ1) is 16.1. The smallest absolute Gasteiger partial charge is 0.254 e. The fourth-order valence-electron chi connectivity index (χ4n) is 2.88. The molecule has 2 amide bonds. The van der Waals surface area contributed by atoms with E-state index in [2.05, 4.69) is 5.32 Å². The third kappa shape index (κ3) is 2.87. The van der Waals surface area contributed by atoms with Gasteiger partial charge in [0.2, 0.25) is 5.91 Å². The van der Waals surface area contributed by atoms with Crippen LogP contribution in [-0.2, 0) is 4.79 Å². The van der Waals surface area contributed by atoms with Crippen LogP contribution in [0.4, 0.5) is 8.78 Å². The van der Waals surface area contributed by atoms with Gasteiger partial charge in [0.25, 0.3) is 5.91 Å². The van der Waals surface area contributed by atoms with Crippen LogP contribution < -0.4 is 5.32 Å². The Kier molecular flexibility index (Phi) is 4.29. The van der Waals surface area contributed by atoms with Crippen molar-refractivity contribution < 1.29 is 18.4 Å². The third-order valence-corrected chi connectivity index (χ3v) is 4.12. The normalized spacial score (nSPS) is 17.5. The van der Waals surface area contributed by atoms with Crippen molar-refractivity contribution in [2.24, 2.45) is 0 Å². The van der Waals surface area contributed by atoms with E-state index in [1.807, 2.05) is 19.1 Å². The van der Waals surface area contributed by atoms with Crippen LogP contribution in [0.1, 0.15) is 27.5 Å². The molecule has 0 aliphatic carbocycles. The topological polar surface area (TPSA) is 49.4 Å². The molecule has 1 N–H and O–H groups in total. The highest BCUT2D eigenvalue weighted by Gasteiger charge is 2.35. The lowest BCUT2D eigenvalue weighted by Crippen LogP contribution is -2.52. The minimum absolute atomic E-state index is 0.0159. The van der Waals surface area contributed by atoms with E-state index in [4.69, 9.17) is 0 Å². The number of aryl methyl sites for hydroxylation is 1. The van der Waals surface area contributed by atoms with Gasteiger partial charge in [-0.05, 0) is 36.2 Å². The van der Waals surface area contributed by atoms with E-state index in [0.29, 0.717) is 18.7 Å². The molecule has 1 fully saturated rings. The number of carbonyl (C=O) groups excluding carboxylic acids is 2. The van der Waals surface area contributed by atoms with Crippen LogP contribution in [0.15, 0.2) is 42.5 Å². The number of rotatable bonds is 2. The van der Waals surface area contributed by atoms with Gasteiger partial charge in [-0.3, -0.25) is 9.59 Å². The number of halogens is 2. The molecule has 0 radical (unpaired) electrons. The van der Waals surface area contributed by atoms with E-state index in [1.54, 1.807) is 12.1 Å². The molecule has 2 aromatic rings. The van der Waals surface area contributed by atoms with Gasteiger partial charge < -0.3 is 10.2 Å². The molecule has 0 bridgehead atoms. The molecule has 0 spiro atoms. The monoisotopic (exact) mass is 330 g/mol. The van der Waals surface area contributed by atoms with Crippen LogP contribution >= 0.6 is 0 Å². The van der Waals surface area contributed by atoms with Crippen molar-refractivity contribution in [3.63, 3.8) is 0 Å². The maximum atomic E-state index is 13.4. The predicted molar refractivity (Wildman–Crippen MR) is 84.3 cm³/mol. The molecule has 1 atom stereocenters. The first-order valence-electron chi connectivity index (χ1n) is 7.58. The minimum atomic E-state index is -1.09. The van der Waals surface area contributed by atoms with Gasteiger partial charge in [0.15, 0.2) is 11.6 Å². The molecular formula is C18H16F2N2O2. The number of nitrogens with one attached hydrogen (secondary N) is 1. The van der Waals surface area contributed by atoms with Crippen molar-refractivity contribution in [3.8, 4) is 0 Å². The van der Waals surface area contributed by atoms with Gasteiger partial charge in [-0.15, -0.1) is 0 Å². The first-order chi connectivity index (χ1) is 11.5. The summed E-state index contributed by atoms with van der Waals surface area (Å²) >= 11 is 0. The molecule has 24 heavy (non-hydrogen) atoms. The van der Waals surface area contributed by atoms with Gasteiger partial charge in [-0.1, -0.05) is 24.3 Å². The number of hydrogen-bond acceptors (Lipinski definition) is 2. The molecular weight excluding hydrogens is 314 g/mol. The van der Waals surface area contributed by atoms with Crippen LogP contribution in [0, 0.1) is 18.6 Å². The first-order valence-corrected chi connectivity index (χ1v) is 7.58. The zero-order valence-corrected chi connectivity index (χ0v) is 13.1. The minimum Gasteiger partial charge on any atom is -0.352 e. The van der Waals surface area contributed by atoms with Gasteiger partial charge in [0, 0.05) is 18.7 Å². The zero-order chi connectivity index (χ0) is 17.3. The molecule has 1 heterocycles. The fourth-order valence-corrected chi connectivity index (χ4v) is 2.88. The Morgan fingerprint density at radius 3 is 2.62 bits per heavy atom. The Hall–Kier alpha value is -2.76. The number of piperazine rings is 1. The molecule has 0 saturated carbocycles. The van der Waals surface area contributed by atoms with E-state index >= 15 is 0 Å². The molecule has 2 aromatic carbocycles. The summed E-state index contributed by atoms with van der Waals surface area (Å²) < 4.78 is 26.5. The number of nitrogens with zero attached hydrogens (tertiary/aromatic N) is 1. The second kappa shape index (κ2) is 6.39. The lowest BCUT2D eigenvalue weighted by atomic mass is 9.97. The van der Waals surface area contributed by atoms with E-state index in [-0.39, 0.29) is 11.5 Å². The summed E-state index contributed by atoms with van der Waals surface area (Å²) in [6.45, 7) is 2.47. The molecule has 1 saturated heterocycles. The SMILES string of the molecule is Cc1ccccc1C1C(=O)NCCN1C(=O)c1ccc(F)c(F)c1. The average molecular weight is 330 g/mol. The second-order valence-electron chi connectivity index (χ2n) is 5.68. The van der Waals surface area contributed by atoms with Crippen molar-refractivity contribution in [3.05, 3.63) is 70.8 Å². The van der Waals surface area contributed by atoms with Gasteiger partial charge in [-0.25, -0.2) is 8.78 Å². The van der Waals surface area contributed by atoms with Crippen LogP contribution in [0.25, 0.3) is 0 Å². The molecule has 1 aliphatic heterocycles. The molecule has 0 aromatic heterocycles. The summed E-state index contributed by atoms with van der Waals surface area (Å²) in [6, 6.07) is 9.50. The number of benzene rings is 2. The maximum Gasteiger partial charge on any atom is 0.254 e. The van der Waals surface area contributed by atoms with Gasteiger partial charge in [0.1, 0.15) is 6.04 Å². The zero-order valence-electron chi connectivity index (χ0n) is 13.1. The maximum absolute atomic E-state index is 13.4. The predicted octanol–water partition coefficient (Wildman–Crippen LogP) is 2.59. The van der Waals surface area contributed by atoms with E-state index in [9.17, 15) is 18.4 Å². The molecule has 1 unspecified atom stereocenters. The highest BCUT2D eigenvalue weighted by atomic mass is 19.2. The highest BCUT2D eigenvalue weighted by molar-refractivity contribution is 5.98. The van der Waals surface area contributed by atoms with E-state index in [0.717, 1.165) is 17.7 Å². The largest absolute Gasteiger partial charge is 0.352 e. The van der Waals surface area contributed by atoms with Gasteiger partial charge in [-0.2, -0.15) is 0 Å². The Morgan fingerprint density at radius 1 is 1.17 bits per heavy atom. The highest BCUT2D eigenvalue weighted by Crippen LogP contribution is 2.27. The van der Waals surface area contributed by atoms with E-state index < -0.39 is 23.6 Å². The summed E-state index contributed by atoms with van der Waals surface area (Å²) in [5.41, 5.74) is 1.61. The molecule has 3 rings (SSSR count). The summed E-state index contributed by atoms with van der Waals surface area (Å²) in [4.78, 5) is 26.5. The molecule has 6 heteroatoms. The van der Waals surface area contributed by atoms with Gasteiger partial charge in [0.05, 0.1) is 0 Å². The summed E-state index contributed by atoms with van der Waals surface area (Å²) in [5, 5.41) is 2.75. The van der Waals surface area contributed by atoms with Crippen molar-refractivity contribution in [1.29, 1.82) is 0 Å². The lowest BCUT2D eigenvalue weighted by molar-refractivity contribution is -0.128. The van der Waals surface area contributed by atoms with Crippen molar-refractivity contribution >= 4 is 11.8 Å². The summed E-state index contributed by atoms with van der Waals surface area (Å²) in [5.74, 6) is -2.89. The second-order valence-corrected chi connectivity index (χ2v) is 5.68. The average Bonchev–Trinajstić information content (AvgIpc) is 2.57. The third-order valence-electron chi connectivity index (χ3n) is 4.12. The number of amides is 2. The van der Waals surface area contributed by atoms with E-state index in [1.165, 1.54) is 11.0 Å². The Morgan fingerprint density at radius 2 is 1.92 bits per heavy atom. The Labute approximate surface area is 138 Å². The van der Waals surface area contributed by atoms with Crippen LogP contribution in [0.3, 0.4) is 0 Å². The van der Waals surface area contributed by atoms with Crippen molar-refractivity contribution in [1.82, 2.24) is 10.2 Å². The van der Waals surface area contributed by atoms with Crippen LogP contribution in [0.2, 0.25) is 0 Å². The number of hydrogen-bond donors (Lipinski definition) is 1.